The Kier molecular flexibility index (Phi) is 3.57. The van der Waals surface area contributed by atoms with E-state index in [1.165, 1.54) is 5.56 Å². The molecule has 0 aliphatic carbocycles. The van der Waals surface area contributed by atoms with Gasteiger partial charge in [0.05, 0.1) is 5.69 Å². The largest absolute Gasteiger partial charge is 0.437 e. The molecule has 0 radical (unpaired) electrons. The minimum atomic E-state index is 0.674. The van der Waals surface area contributed by atoms with Crippen molar-refractivity contribution in [2.45, 2.75) is 18.7 Å². The van der Waals surface area contributed by atoms with Gasteiger partial charge in [0.25, 0.3) is 0 Å². The molecule has 2 heterocycles. The Morgan fingerprint density at radius 1 is 1.32 bits per heavy atom. The van der Waals surface area contributed by atoms with Crippen molar-refractivity contribution in [3.05, 3.63) is 47.1 Å². The van der Waals surface area contributed by atoms with Crippen LogP contribution in [0.1, 0.15) is 18.2 Å². The van der Waals surface area contributed by atoms with E-state index in [0.29, 0.717) is 11.2 Å². The van der Waals surface area contributed by atoms with E-state index >= 15 is 0 Å². The fourth-order valence-corrected chi connectivity index (χ4v) is 3.16. The molecule has 0 spiro atoms. The summed E-state index contributed by atoms with van der Waals surface area (Å²) in [5, 5.41) is 2.74. The first-order valence-electron chi connectivity index (χ1n) is 6.09. The molecule has 2 aromatic heterocycles. The second-order valence-corrected chi connectivity index (χ2v) is 5.59. The van der Waals surface area contributed by atoms with E-state index in [1.807, 2.05) is 23.7 Å². The first-order valence-corrected chi connectivity index (χ1v) is 8.09. The smallest absolute Gasteiger partial charge is 0.243 e. The molecule has 0 unspecified atom stereocenters. The highest BCUT2D eigenvalue weighted by Gasteiger charge is 2.13. The standard InChI is InChI=1S/C14H13BrN2OS/c1-2-10-3-5-11(6-4-10)18-13-12(9-15)17-7-8-19-14(17)16-13/h3-8H,2,9H2,1H3. The topological polar surface area (TPSA) is 26.5 Å². The number of nitrogens with zero attached hydrogens (tertiary/aromatic N) is 2. The zero-order valence-corrected chi connectivity index (χ0v) is 12.9. The van der Waals surface area contributed by atoms with Gasteiger partial charge in [0.2, 0.25) is 5.88 Å². The average molecular weight is 337 g/mol. The molecule has 0 saturated heterocycles. The van der Waals surface area contributed by atoms with Crippen molar-refractivity contribution >= 4 is 32.2 Å². The minimum Gasteiger partial charge on any atom is -0.437 e. The number of hydrogen-bond acceptors (Lipinski definition) is 3. The lowest BCUT2D eigenvalue weighted by Crippen LogP contribution is -1.91. The number of aryl methyl sites for hydroxylation is 1. The molecule has 0 amide bonds. The van der Waals surface area contributed by atoms with Gasteiger partial charge in [-0.15, -0.1) is 11.3 Å². The van der Waals surface area contributed by atoms with Gasteiger partial charge in [0.15, 0.2) is 4.96 Å². The second kappa shape index (κ2) is 5.35. The van der Waals surface area contributed by atoms with Gasteiger partial charge in [-0.25, -0.2) is 0 Å². The van der Waals surface area contributed by atoms with Crippen LogP contribution in [0.5, 0.6) is 11.6 Å². The Morgan fingerprint density at radius 3 is 2.79 bits per heavy atom. The van der Waals surface area contributed by atoms with Crippen molar-refractivity contribution in [3.8, 4) is 11.6 Å². The lowest BCUT2D eigenvalue weighted by Gasteiger charge is -2.05. The maximum atomic E-state index is 5.89. The minimum absolute atomic E-state index is 0.674. The zero-order valence-electron chi connectivity index (χ0n) is 10.5. The Hall–Kier alpha value is -1.33. The van der Waals surface area contributed by atoms with Gasteiger partial charge in [0, 0.05) is 16.9 Å². The summed E-state index contributed by atoms with van der Waals surface area (Å²) in [6.45, 7) is 2.14. The van der Waals surface area contributed by atoms with Gasteiger partial charge < -0.3 is 4.74 Å². The summed E-state index contributed by atoms with van der Waals surface area (Å²) in [6.07, 6.45) is 3.05. The monoisotopic (exact) mass is 336 g/mol. The summed E-state index contributed by atoms with van der Waals surface area (Å²) in [6, 6.07) is 8.15. The van der Waals surface area contributed by atoms with Crippen LogP contribution in [0.4, 0.5) is 0 Å². The predicted octanol–water partition coefficient (Wildman–Crippen LogP) is 4.65. The van der Waals surface area contributed by atoms with Crippen LogP contribution < -0.4 is 4.74 Å². The molecule has 0 fully saturated rings. The first-order chi connectivity index (χ1) is 9.31. The summed E-state index contributed by atoms with van der Waals surface area (Å²) < 4.78 is 7.94. The third kappa shape index (κ3) is 2.40. The third-order valence-corrected chi connectivity index (χ3v) is 4.28. The molecule has 3 rings (SSSR count). The van der Waals surface area contributed by atoms with Crippen molar-refractivity contribution in [2.24, 2.45) is 0 Å². The van der Waals surface area contributed by atoms with Crippen LogP contribution in [0.3, 0.4) is 0 Å². The Bertz CT molecular complexity index is 687. The highest BCUT2D eigenvalue weighted by atomic mass is 79.9. The number of rotatable bonds is 4. The van der Waals surface area contributed by atoms with Crippen LogP contribution in [0.25, 0.3) is 4.96 Å². The molecular weight excluding hydrogens is 324 g/mol. The van der Waals surface area contributed by atoms with Crippen molar-refractivity contribution in [2.75, 3.05) is 0 Å². The molecule has 3 nitrogen and oxygen atoms in total. The molecule has 1 aromatic carbocycles. The van der Waals surface area contributed by atoms with Crippen molar-refractivity contribution in [3.63, 3.8) is 0 Å². The van der Waals surface area contributed by atoms with Crippen molar-refractivity contribution in [1.29, 1.82) is 0 Å². The highest BCUT2D eigenvalue weighted by Crippen LogP contribution is 2.29. The number of benzene rings is 1. The van der Waals surface area contributed by atoms with Gasteiger partial charge in [0.1, 0.15) is 5.75 Å². The highest BCUT2D eigenvalue weighted by molar-refractivity contribution is 9.08. The summed E-state index contributed by atoms with van der Waals surface area (Å²) >= 11 is 5.10. The maximum Gasteiger partial charge on any atom is 0.243 e. The number of fused-ring (bicyclic) bond motifs is 1. The lowest BCUT2D eigenvalue weighted by atomic mass is 10.2. The quantitative estimate of drug-likeness (QED) is 0.648. The molecule has 98 valence electrons. The van der Waals surface area contributed by atoms with Crippen LogP contribution in [-0.4, -0.2) is 9.38 Å². The molecule has 0 aliphatic rings. The van der Waals surface area contributed by atoms with Crippen LogP contribution in [-0.2, 0) is 11.8 Å². The molecule has 0 N–H and O–H groups in total. The van der Waals surface area contributed by atoms with Crippen LogP contribution >= 0.6 is 27.3 Å². The van der Waals surface area contributed by atoms with Crippen LogP contribution in [0, 0.1) is 0 Å². The van der Waals surface area contributed by atoms with Crippen molar-refractivity contribution < 1.29 is 4.74 Å². The molecule has 0 saturated carbocycles. The molecule has 5 heteroatoms. The fraction of sp³-hybridized carbons (Fsp3) is 0.214. The Labute approximate surface area is 124 Å². The van der Waals surface area contributed by atoms with E-state index in [4.69, 9.17) is 4.74 Å². The maximum absolute atomic E-state index is 5.89. The van der Waals surface area contributed by atoms with E-state index in [-0.39, 0.29) is 0 Å². The first kappa shape index (κ1) is 12.7. The van der Waals surface area contributed by atoms with Gasteiger partial charge in [-0.3, -0.25) is 4.40 Å². The lowest BCUT2D eigenvalue weighted by molar-refractivity contribution is 0.461. The summed E-state index contributed by atoms with van der Waals surface area (Å²) in [5.74, 6) is 1.50. The van der Waals surface area contributed by atoms with E-state index < -0.39 is 0 Å². The van der Waals surface area contributed by atoms with Gasteiger partial charge in [-0.2, -0.15) is 4.98 Å². The number of halogens is 1. The number of aromatic nitrogens is 2. The molecule has 3 aromatic rings. The van der Waals surface area contributed by atoms with E-state index in [9.17, 15) is 0 Å². The number of imidazole rings is 1. The van der Waals surface area contributed by atoms with Gasteiger partial charge in [-0.05, 0) is 24.1 Å². The van der Waals surface area contributed by atoms with Crippen LogP contribution in [0.2, 0.25) is 0 Å². The Balaban J connectivity index is 1.93. The zero-order chi connectivity index (χ0) is 13.2. The molecule has 0 bridgehead atoms. The van der Waals surface area contributed by atoms with E-state index in [2.05, 4.69) is 44.4 Å². The molecular formula is C14H13BrN2OS. The van der Waals surface area contributed by atoms with Gasteiger partial charge in [-0.1, -0.05) is 35.0 Å². The summed E-state index contributed by atoms with van der Waals surface area (Å²) in [4.78, 5) is 5.46. The molecule has 19 heavy (non-hydrogen) atoms. The van der Waals surface area contributed by atoms with Crippen LogP contribution in [0.15, 0.2) is 35.8 Å². The number of thiazole rings is 1. The number of alkyl halides is 1. The fourth-order valence-electron chi connectivity index (χ4n) is 1.92. The predicted molar refractivity (Wildman–Crippen MR) is 81.6 cm³/mol. The number of hydrogen-bond donors (Lipinski definition) is 0. The normalized spacial score (nSPS) is 11.1. The van der Waals surface area contributed by atoms with E-state index in [1.54, 1.807) is 11.3 Å². The number of ether oxygens (including phenoxy) is 1. The molecule has 0 aliphatic heterocycles. The Morgan fingerprint density at radius 2 is 2.11 bits per heavy atom. The van der Waals surface area contributed by atoms with E-state index in [0.717, 1.165) is 22.8 Å². The summed E-state index contributed by atoms with van der Waals surface area (Å²) in [5.41, 5.74) is 2.34. The van der Waals surface area contributed by atoms with Gasteiger partial charge >= 0.3 is 0 Å². The second-order valence-electron chi connectivity index (χ2n) is 4.15. The summed E-state index contributed by atoms with van der Waals surface area (Å²) in [7, 11) is 0. The molecule has 0 atom stereocenters. The average Bonchev–Trinajstić information content (AvgIpc) is 3.00. The third-order valence-electron chi connectivity index (χ3n) is 3.00. The van der Waals surface area contributed by atoms with Crippen molar-refractivity contribution in [1.82, 2.24) is 9.38 Å². The SMILES string of the molecule is CCc1ccc(Oc2nc3sccn3c2CBr)cc1.